The second-order valence-electron chi connectivity index (χ2n) is 6.19. The van der Waals surface area contributed by atoms with E-state index in [1.807, 2.05) is 6.07 Å². The smallest absolute Gasteiger partial charge is 0.194 e. The third-order valence-electron chi connectivity index (χ3n) is 4.30. The zero-order chi connectivity index (χ0) is 18.4. The zero-order valence-corrected chi connectivity index (χ0v) is 16.5. The van der Waals surface area contributed by atoms with Gasteiger partial charge in [0.25, 0.3) is 0 Å². The molecule has 2 aromatic rings. The summed E-state index contributed by atoms with van der Waals surface area (Å²) in [6.45, 7) is 7.82. The summed E-state index contributed by atoms with van der Waals surface area (Å²) >= 11 is 7.66. The molecular weight excluding hydrogens is 372 g/mol. The van der Waals surface area contributed by atoms with Crippen molar-refractivity contribution < 1.29 is 9.52 Å². The molecule has 6 nitrogen and oxygen atoms in total. The lowest BCUT2D eigenvalue weighted by molar-refractivity contribution is 0.155. The monoisotopic (exact) mass is 396 g/mol. The zero-order valence-electron chi connectivity index (χ0n) is 14.9. The fourth-order valence-electron chi connectivity index (χ4n) is 2.94. The third-order valence-corrected chi connectivity index (χ3v) is 5.52. The summed E-state index contributed by atoms with van der Waals surface area (Å²) in [6.07, 6.45) is 0.844. The molecule has 0 spiro atoms. The maximum Gasteiger partial charge on any atom is 0.194 e. The van der Waals surface area contributed by atoms with Crippen LogP contribution in [0.15, 0.2) is 39.9 Å². The van der Waals surface area contributed by atoms with E-state index in [2.05, 4.69) is 33.1 Å². The van der Waals surface area contributed by atoms with Crippen LogP contribution in [0.25, 0.3) is 0 Å². The van der Waals surface area contributed by atoms with E-state index in [-0.39, 0.29) is 6.54 Å². The number of nitrogens with one attached hydrogen (secondary N) is 1. The molecule has 0 saturated carbocycles. The maximum atomic E-state index is 10.2. The van der Waals surface area contributed by atoms with Gasteiger partial charge in [-0.2, -0.15) is 0 Å². The minimum absolute atomic E-state index is 0.282. The second kappa shape index (κ2) is 9.41. The summed E-state index contributed by atoms with van der Waals surface area (Å²) in [5.74, 6) is 1.39. The number of hydrogen-bond donors (Lipinski definition) is 2. The molecule has 1 saturated heterocycles. The summed E-state index contributed by atoms with van der Waals surface area (Å²) in [5.41, 5.74) is 0. The lowest BCUT2D eigenvalue weighted by atomic mass is 10.3. The molecule has 1 unspecified atom stereocenters. The van der Waals surface area contributed by atoms with Crippen molar-refractivity contribution in [3.63, 3.8) is 0 Å². The van der Waals surface area contributed by atoms with Crippen LogP contribution in [0.4, 0.5) is 0 Å². The van der Waals surface area contributed by atoms with Crippen LogP contribution in [0.3, 0.4) is 0 Å². The van der Waals surface area contributed by atoms with Crippen LogP contribution in [0.5, 0.6) is 0 Å². The molecule has 1 aliphatic rings. The van der Waals surface area contributed by atoms with Gasteiger partial charge in [-0.25, -0.2) is 4.99 Å². The van der Waals surface area contributed by atoms with E-state index in [9.17, 15) is 5.11 Å². The predicted octanol–water partition coefficient (Wildman–Crippen LogP) is 2.81. The number of nitrogens with zero attached hydrogens (tertiary/aromatic N) is 3. The van der Waals surface area contributed by atoms with Crippen molar-refractivity contribution in [2.45, 2.75) is 19.6 Å². The van der Waals surface area contributed by atoms with Gasteiger partial charge in [0.05, 0.1) is 17.1 Å². The first kappa shape index (κ1) is 19.2. The van der Waals surface area contributed by atoms with Gasteiger partial charge in [0, 0.05) is 44.1 Å². The Hall–Kier alpha value is -1.54. The largest absolute Gasteiger partial charge is 0.467 e. The number of guanidine groups is 1. The van der Waals surface area contributed by atoms with Crippen molar-refractivity contribution in [2.75, 3.05) is 39.3 Å². The van der Waals surface area contributed by atoms with Gasteiger partial charge < -0.3 is 19.7 Å². The number of aliphatic hydroxyl groups excluding tert-OH is 1. The van der Waals surface area contributed by atoms with Crippen molar-refractivity contribution in [3.05, 3.63) is 45.5 Å². The first-order valence-corrected chi connectivity index (χ1v) is 10.1. The van der Waals surface area contributed by atoms with Crippen molar-refractivity contribution >= 4 is 28.9 Å². The SMILES string of the molecule is CCNC(=NCC(O)c1ccco1)N1CCN(Cc2ccc(Cl)s2)CC1. The Kier molecular flexibility index (Phi) is 6.96. The summed E-state index contributed by atoms with van der Waals surface area (Å²) in [5, 5.41) is 13.5. The highest BCUT2D eigenvalue weighted by Crippen LogP contribution is 2.23. The third kappa shape index (κ3) is 5.23. The van der Waals surface area contributed by atoms with Crippen LogP contribution in [0.1, 0.15) is 23.7 Å². The minimum Gasteiger partial charge on any atom is -0.467 e. The van der Waals surface area contributed by atoms with E-state index in [4.69, 9.17) is 16.0 Å². The predicted molar refractivity (Wildman–Crippen MR) is 106 cm³/mol. The number of aliphatic hydroxyl groups is 1. The summed E-state index contributed by atoms with van der Waals surface area (Å²) in [6, 6.07) is 7.59. The molecule has 26 heavy (non-hydrogen) atoms. The van der Waals surface area contributed by atoms with E-state index >= 15 is 0 Å². The average Bonchev–Trinajstić information content (AvgIpc) is 3.31. The van der Waals surface area contributed by atoms with Crippen molar-refractivity contribution in [1.82, 2.24) is 15.1 Å². The van der Waals surface area contributed by atoms with E-state index in [1.54, 1.807) is 29.7 Å². The van der Waals surface area contributed by atoms with Crippen LogP contribution in [0.2, 0.25) is 4.34 Å². The number of furan rings is 1. The number of aliphatic imine (C=N–C) groups is 1. The Morgan fingerprint density at radius 1 is 1.35 bits per heavy atom. The Balaban J connectivity index is 1.53. The van der Waals surface area contributed by atoms with Crippen LogP contribution in [-0.2, 0) is 6.54 Å². The van der Waals surface area contributed by atoms with Crippen molar-refractivity contribution in [3.8, 4) is 0 Å². The Morgan fingerprint density at radius 2 is 2.15 bits per heavy atom. The van der Waals surface area contributed by atoms with Crippen LogP contribution >= 0.6 is 22.9 Å². The van der Waals surface area contributed by atoms with E-state index in [1.165, 1.54) is 4.88 Å². The summed E-state index contributed by atoms with van der Waals surface area (Å²) < 4.78 is 6.08. The van der Waals surface area contributed by atoms with Crippen LogP contribution in [-0.4, -0.2) is 60.1 Å². The second-order valence-corrected chi connectivity index (χ2v) is 7.99. The Morgan fingerprint density at radius 3 is 2.77 bits per heavy atom. The quantitative estimate of drug-likeness (QED) is 0.580. The van der Waals surface area contributed by atoms with Crippen LogP contribution < -0.4 is 5.32 Å². The molecule has 0 bridgehead atoms. The highest BCUT2D eigenvalue weighted by atomic mass is 35.5. The van der Waals surface area contributed by atoms with Crippen LogP contribution in [0, 0.1) is 0 Å². The lowest BCUT2D eigenvalue weighted by Gasteiger charge is -2.36. The molecule has 0 aromatic carbocycles. The molecule has 3 rings (SSSR count). The molecule has 142 valence electrons. The molecule has 1 aliphatic heterocycles. The molecule has 0 aliphatic carbocycles. The standard InChI is InChI=1S/C18H25ClN4O2S/c1-2-20-18(21-12-15(24)16-4-3-11-25-16)23-9-7-22(8-10-23)13-14-5-6-17(19)26-14/h3-6,11,15,24H,2,7-10,12-13H2,1H3,(H,20,21). The number of thiophene rings is 1. The number of piperazine rings is 1. The van der Waals surface area contributed by atoms with E-state index in [0.29, 0.717) is 5.76 Å². The highest BCUT2D eigenvalue weighted by Gasteiger charge is 2.20. The van der Waals surface area contributed by atoms with Gasteiger partial charge in [-0.05, 0) is 31.2 Å². The Labute approximate surface area is 163 Å². The first-order valence-electron chi connectivity index (χ1n) is 8.87. The topological polar surface area (TPSA) is 64.2 Å². The lowest BCUT2D eigenvalue weighted by Crippen LogP contribution is -2.52. The average molecular weight is 397 g/mol. The van der Waals surface area contributed by atoms with E-state index < -0.39 is 6.10 Å². The summed E-state index contributed by atoms with van der Waals surface area (Å²) in [4.78, 5) is 10.6. The molecular formula is C18H25ClN4O2S. The molecule has 8 heteroatoms. The van der Waals surface area contributed by atoms with Gasteiger partial charge in [0.2, 0.25) is 0 Å². The molecule has 1 fully saturated rings. The molecule has 3 heterocycles. The fraction of sp³-hybridized carbons (Fsp3) is 0.500. The maximum absolute atomic E-state index is 10.2. The molecule has 1 atom stereocenters. The first-order chi connectivity index (χ1) is 12.7. The van der Waals surface area contributed by atoms with Gasteiger partial charge >= 0.3 is 0 Å². The van der Waals surface area contributed by atoms with Gasteiger partial charge in [0.1, 0.15) is 11.9 Å². The fourth-order valence-corrected chi connectivity index (χ4v) is 4.07. The van der Waals surface area contributed by atoms with Gasteiger partial charge in [-0.15, -0.1) is 11.3 Å². The number of hydrogen-bond acceptors (Lipinski definition) is 5. The summed E-state index contributed by atoms with van der Waals surface area (Å²) in [7, 11) is 0. The van der Waals surface area contributed by atoms with Gasteiger partial charge in [0.15, 0.2) is 5.96 Å². The Bertz CT molecular complexity index is 696. The van der Waals surface area contributed by atoms with E-state index in [0.717, 1.165) is 49.6 Å². The van der Waals surface area contributed by atoms with Gasteiger partial charge in [-0.1, -0.05) is 11.6 Å². The minimum atomic E-state index is -0.719. The molecule has 0 amide bonds. The number of rotatable bonds is 6. The number of halogens is 1. The van der Waals surface area contributed by atoms with Gasteiger partial charge in [-0.3, -0.25) is 4.90 Å². The molecule has 2 N–H and O–H groups in total. The molecule has 2 aromatic heterocycles. The van der Waals surface area contributed by atoms with Crippen molar-refractivity contribution in [2.24, 2.45) is 4.99 Å². The van der Waals surface area contributed by atoms with Crippen molar-refractivity contribution in [1.29, 1.82) is 0 Å². The normalized spacial score (nSPS) is 17.5. The molecule has 0 radical (unpaired) electrons. The highest BCUT2D eigenvalue weighted by molar-refractivity contribution is 7.16.